The first-order valence-corrected chi connectivity index (χ1v) is 6.85. The van der Waals surface area contributed by atoms with Crippen molar-refractivity contribution in [2.75, 3.05) is 33.2 Å². The quantitative estimate of drug-likeness (QED) is 0.773. The first kappa shape index (κ1) is 13.9. The summed E-state index contributed by atoms with van der Waals surface area (Å²) in [6.45, 7) is 9.38. The third kappa shape index (κ3) is 4.40. The molecule has 3 nitrogen and oxygen atoms in total. The Morgan fingerprint density at radius 1 is 1.31 bits per heavy atom. The molecule has 0 saturated carbocycles. The Morgan fingerprint density at radius 2 is 2.06 bits per heavy atom. The number of rotatable bonds is 5. The van der Waals surface area contributed by atoms with Crippen molar-refractivity contribution in [1.82, 2.24) is 9.80 Å². The van der Waals surface area contributed by atoms with Gasteiger partial charge in [-0.3, -0.25) is 4.90 Å². The Hall–Kier alpha value is -0.120. The largest absolute Gasteiger partial charge is 0.328 e. The maximum absolute atomic E-state index is 6.01. The summed E-state index contributed by atoms with van der Waals surface area (Å²) in [6.07, 6.45) is 4.81. The normalized spacial score (nSPS) is 26.6. The van der Waals surface area contributed by atoms with Crippen LogP contribution in [0.2, 0.25) is 0 Å². The molecule has 0 radical (unpaired) electrons. The second kappa shape index (κ2) is 7.25. The van der Waals surface area contributed by atoms with Gasteiger partial charge < -0.3 is 10.6 Å². The lowest BCUT2D eigenvalue weighted by molar-refractivity contribution is 0.177. The molecule has 0 aromatic heterocycles. The van der Waals surface area contributed by atoms with Crippen molar-refractivity contribution in [2.24, 2.45) is 5.73 Å². The van der Waals surface area contributed by atoms with Gasteiger partial charge in [0.15, 0.2) is 0 Å². The first-order valence-electron chi connectivity index (χ1n) is 6.85. The predicted molar refractivity (Wildman–Crippen MR) is 70.6 cm³/mol. The molecule has 1 aliphatic heterocycles. The van der Waals surface area contributed by atoms with E-state index in [0.717, 1.165) is 18.9 Å². The third-order valence-corrected chi connectivity index (χ3v) is 3.81. The molecular formula is C13H29N3. The highest BCUT2D eigenvalue weighted by Gasteiger charge is 2.21. The van der Waals surface area contributed by atoms with E-state index in [-0.39, 0.29) is 0 Å². The van der Waals surface area contributed by atoms with E-state index in [1.807, 2.05) is 0 Å². The molecule has 0 aromatic rings. The Bertz CT molecular complexity index is 184. The van der Waals surface area contributed by atoms with Crippen molar-refractivity contribution in [2.45, 2.75) is 51.6 Å². The summed E-state index contributed by atoms with van der Waals surface area (Å²) in [6, 6.07) is 1.12. The number of hydrogen-bond donors (Lipinski definition) is 1. The van der Waals surface area contributed by atoms with E-state index >= 15 is 0 Å². The van der Waals surface area contributed by atoms with Gasteiger partial charge in [-0.25, -0.2) is 0 Å². The van der Waals surface area contributed by atoms with Crippen LogP contribution in [0.4, 0.5) is 0 Å². The van der Waals surface area contributed by atoms with Crippen LogP contribution in [0, 0.1) is 0 Å². The molecule has 2 atom stereocenters. The monoisotopic (exact) mass is 227 g/mol. The van der Waals surface area contributed by atoms with E-state index < -0.39 is 0 Å². The maximum atomic E-state index is 6.01. The van der Waals surface area contributed by atoms with Crippen molar-refractivity contribution in [3.8, 4) is 0 Å². The Kier molecular flexibility index (Phi) is 6.32. The maximum Gasteiger partial charge on any atom is 0.0220 e. The number of nitrogens with zero attached hydrogens (tertiary/aromatic N) is 2. The SMILES string of the molecule is CCC(N)CCN1CCCN(C)CC1CC. The van der Waals surface area contributed by atoms with E-state index in [1.165, 1.54) is 39.0 Å². The first-order chi connectivity index (χ1) is 7.67. The van der Waals surface area contributed by atoms with Gasteiger partial charge in [0, 0.05) is 18.6 Å². The van der Waals surface area contributed by atoms with Gasteiger partial charge in [0.05, 0.1) is 0 Å². The lowest BCUT2D eigenvalue weighted by Gasteiger charge is -2.30. The fourth-order valence-electron chi connectivity index (χ4n) is 2.51. The fourth-order valence-corrected chi connectivity index (χ4v) is 2.51. The van der Waals surface area contributed by atoms with Crippen LogP contribution < -0.4 is 5.73 Å². The molecule has 3 heteroatoms. The molecule has 2 unspecified atom stereocenters. The van der Waals surface area contributed by atoms with Crippen LogP contribution in [-0.2, 0) is 0 Å². The lowest BCUT2D eigenvalue weighted by Crippen LogP contribution is -2.41. The number of nitrogens with two attached hydrogens (primary N) is 1. The summed E-state index contributed by atoms with van der Waals surface area (Å²) < 4.78 is 0. The minimum absolute atomic E-state index is 0.387. The standard InChI is InChI=1S/C13H29N3/c1-4-12(14)7-10-16-9-6-8-15(3)11-13(16)5-2/h12-13H,4-11,14H2,1-3H3. The Morgan fingerprint density at radius 3 is 2.69 bits per heavy atom. The fraction of sp³-hybridized carbons (Fsp3) is 1.00. The average Bonchev–Trinajstić information content (AvgIpc) is 2.47. The van der Waals surface area contributed by atoms with Gasteiger partial charge in [-0.2, -0.15) is 0 Å². The zero-order valence-corrected chi connectivity index (χ0v) is 11.3. The molecule has 1 heterocycles. The molecular weight excluding hydrogens is 198 g/mol. The van der Waals surface area contributed by atoms with Gasteiger partial charge in [-0.15, -0.1) is 0 Å². The smallest absolute Gasteiger partial charge is 0.0220 e. The molecule has 0 aromatic carbocycles. The van der Waals surface area contributed by atoms with Crippen LogP contribution in [0.3, 0.4) is 0 Å². The van der Waals surface area contributed by atoms with Crippen molar-refractivity contribution < 1.29 is 0 Å². The van der Waals surface area contributed by atoms with Crippen molar-refractivity contribution in [1.29, 1.82) is 0 Å². The van der Waals surface area contributed by atoms with Crippen LogP contribution in [0.25, 0.3) is 0 Å². The molecule has 0 amide bonds. The van der Waals surface area contributed by atoms with Gasteiger partial charge in [-0.05, 0) is 52.4 Å². The van der Waals surface area contributed by atoms with Gasteiger partial charge >= 0.3 is 0 Å². The Labute approximate surface area is 101 Å². The summed E-state index contributed by atoms with van der Waals surface area (Å²) in [4.78, 5) is 5.12. The third-order valence-electron chi connectivity index (χ3n) is 3.81. The predicted octanol–water partition coefficient (Wildman–Crippen LogP) is 1.53. The molecule has 0 spiro atoms. The summed E-state index contributed by atoms with van der Waals surface area (Å²) in [5.41, 5.74) is 6.01. The molecule has 0 aliphatic carbocycles. The molecule has 16 heavy (non-hydrogen) atoms. The summed E-state index contributed by atoms with van der Waals surface area (Å²) in [5.74, 6) is 0. The van der Waals surface area contributed by atoms with Crippen LogP contribution >= 0.6 is 0 Å². The minimum atomic E-state index is 0.387. The summed E-state index contributed by atoms with van der Waals surface area (Å²) in [7, 11) is 2.24. The highest BCUT2D eigenvalue weighted by molar-refractivity contribution is 4.78. The highest BCUT2D eigenvalue weighted by Crippen LogP contribution is 2.13. The van der Waals surface area contributed by atoms with Gasteiger partial charge in [0.1, 0.15) is 0 Å². The molecule has 0 bridgehead atoms. The van der Waals surface area contributed by atoms with Gasteiger partial charge in [0.2, 0.25) is 0 Å². The number of hydrogen-bond acceptors (Lipinski definition) is 3. The second-order valence-corrected chi connectivity index (χ2v) is 5.17. The highest BCUT2D eigenvalue weighted by atomic mass is 15.2. The second-order valence-electron chi connectivity index (χ2n) is 5.17. The summed E-state index contributed by atoms with van der Waals surface area (Å²) in [5, 5.41) is 0. The van der Waals surface area contributed by atoms with E-state index in [9.17, 15) is 0 Å². The van der Waals surface area contributed by atoms with Gasteiger partial charge in [0.25, 0.3) is 0 Å². The van der Waals surface area contributed by atoms with Crippen LogP contribution in [-0.4, -0.2) is 55.1 Å². The van der Waals surface area contributed by atoms with Crippen molar-refractivity contribution >= 4 is 0 Å². The zero-order valence-electron chi connectivity index (χ0n) is 11.3. The molecule has 1 fully saturated rings. The van der Waals surface area contributed by atoms with Crippen LogP contribution in [0.15, 0.2) is 0 Å². The molecule has 1 aliphatic rings. The van der Waals surface area contributed by atoms with E-state index in [4.69, 9.17) is 5.73 Å². The van der Waals surface area contributed by atoms with Gasteiger partial charge in [-0.1, -0.05) is 13.8 Å². The summed E-state index contributed by atoms with van der Waals surface area (Å²) >= 11 is 0. The van der Waals surface area contributed by atoms with E-state index in [0.29, 0.717) is 6.04 Å². The van der Waals surface area contributed by atoms with Crippen LogP contribution in [0.1, 0.15) is 39.5 Å². The molecule has 1 rings (SSSR count). The Balaban J connectivity index is 2.41. The molecule has 1 saturated heterocycles. The average molecular weight is 227 g/mol. The minimum Gasteiger partial charge on any atom is -0.328 e. The molecule has 96 valence electrons. The number of likely N-dealkylation sites (N-methyl/N-ethyl adjacent to an activating group) is 1. The van der Waals surface area contributed by atoms with E-state index in [2.05, 4.69) is 30.7 Å². The lowest BCUT2D eigenvalue weighted by atomic mass is 10.1. The van der Waals surface area contributed by atoms with Crippen LogP contribution in [0.5, 0.6) is 0 Å². The topological polar surface area (TPSA) is 32.5 Å². The van der Waals surface area contributed by atoms with E-state index in [1.54, 1.807) is 0 Å². The van der Waals surface area contributed by atoms with Crippen molar-refractivity contribution in [3.05, 3.63) is 0 Å². The molecule has 2 N–H and O–H groups in total. The zero-order chi connectivity index (χ0) is 12.0. The van der Waals surface area contributed by atoms with Crippen molar-refractivity contribution in [3.63, 3.8) is 0 Å².